The van der Waals surface area contributed by atoms with Crippen LogP contribution in [0.15, 0.2) is 88.2 Å². The number of thiazole rings is 1. The lowest BCUT2D eigenvalue weighted by Gasteiger charge is -2.30. The van der Waals surface area contributed by atoms with Crippen molar-refractivity contribution >= 4 is 46.3 Å². The minimum Gasteiger partial charge on any atom is -0.272 e. The first-order valence-corrected chi connectivity index (χ1v) is 12.3. The Morgan fingerprint density at radius 2 is 1.70 bits per heavy atom. The Hall–Kier alpha value is -2.92. The van der Waals surface area contributed by atoms with E-state index in [-0.39, 0.29) is 11.6 Å². The molecule has 0 saturated heterocycles. The van der Waals surface area contributed by atoms with Crippen LogP contribution in [0.25, 0.3) is 11.8 Å². The number of rotatable bonds is 2. The molecule has 3 aromatic carbocycles. The van der Waals surface area contributed by atoms with Crippen LogP contribution >= 0.6 is 34.5 Å². The van der Waals surface area contributed by atoms with Crippen LogP contribution in [-0.4, -0.2) is 4.57 Å². The quantitative estimate of drug-likeness (QED) is 0.360. The number of aryl methyl sites for hydroxylation is 1. The Morgan fingerprint density at radius 1 is 0.939 bits per heavy atom. The molecule has 0 radical (unpaired) electrons. The summed E-state index contributed by atoms with van der Waals surface area (Å²) in [5.74, 6) is 0. The zero-order valence-corrected chi connectivity index (χ0v) is 19.8. The molecule has 0 bridgehead atoms. The number of nitrogens with zero attached hydrogens (tertiary/aromatic N) is 2. The molecule has 1 aromatic heterocycles. The second-order valence-corrected chi connectivity index (χ2v) is 10.0. The lowest BCUT2D eigenvalue weighted by molar-refractivity contribution is 0.585. The van der Waals surface area contributed by atoms with Gasteiger partial charge in [-0.1, -0.05) is 89.1 Å². The van der Waals surface area contributed by atoms with Crippen LogP contribution in [0.4, 0.5) is 0 Å². The lowest BCUT2D eigenvalue weighted by Crippen LogP contribution is -2.38. The first kappa shape index (κ1) is 20.7. The lowest BCUT2D eigenvalue weighted by atomic mass is 9.83. The van der Waals surface area contributed by atoms with E-state index in [0.29, 0.717) is 19.4 Å². The smallest absolute Gasteiger partial charge is 0.271 e. The summed E-state index contributed by atoms with van der Waals surface area (Å²) in [5.41, 5.74) is 6.42. The summed E-state index contributed by atoms with van der Waals surface area (Å²) in [6.45, 7) is 0. The fourth-order valence-electron chi connectivity index (χ4n) is 4.70. The number of hydrogen-bond acceptors (Lipinski definition) is 3. The molecule has 0 spiro atoms. The Morgan fingerprint density at radius 3 is 2.52 bits per heavy atom. The number of allylic oxidation sites excluding steroid dienone is 1. The summed E-state index contributed by atoms with van der Waals surface area (Å²) >= 11 is 14.0. The Kier molecular flexibility index (Phi) is 5.10. The molecule has 6 rings (SSSR count). The maximum Gasteiger partial charge on any atom is 0.271 e. The minimum atomic E-state index is -0.213. The first-order valence-electron chi connectivity index (χ1n) is 10.7. The first-order chi connectivity index (χ1) is 16.1. The van der Waals surface area contributed by atoms with E-state index in [9.17, 15) is 4.79 Å². The predicted octanol–water partition coefficient (Wildman–Crippen LogP) is 5.63. The molecule has 2 aliphatic rings. The minimum absolute atomic E-state index is 0.0518. The van der Waals surface area contributed by atoms with Gasteiger partial charge in [0.05, 0.1) is 16.3 Å². The normalized spacial score (nSPS) is 17.3. The van der Waals surface area contributed by atoms with E-state index in [1.807, 2.05) is 65.2 Å². The molecule has 2 heterocycles. The third-order valence-electron chi connectivity index (χ3n) is 6.25. The van der Waals surface area contributed by atoms with Crippen molar-refractivity contribution in [2.75, 3.05) is 0 Å². The molecule has 0 saturated carbocycles. The number of fused-ring (bicyclic) bond motifs is 3. The molecular formula is C27H18Cl2N2OS. The van der Waals surface area contributed by atoms with Gasteiger partial charge in [-0.05, 0) is 59.4 Å². The molecule has 1 atom stereocenters. The molecule has 162 valence electrons. The predicted molar refractivity (Wildman–Crippen MR) is 136 cm³/mol. The van der Waals surface area contributed by atoms with Crippen molar-refractivity contribution in [3.8, 4) is 0 Å². The standard InChI is InChI=1S/C27H18Cl2N2OS/c28-19-12-9-17(10-13-19)25-21-14-11-16-5-1-3-7-20(16)24(21)30-27-31(25)26(32)23(33-27)15-18-6-2-4-8-22(18)29/h1-10,12-13,15,25H,11,14H2/b23-15-/t25-/m1/s1. The van der Waals surface area contributed by atoms with Crippen LogP contribution in [0.5, 0.6) is 0 Å². The summed E-state index contributed by atoms with van der Waals surface area (Å²) < 4.78 is 2.46. The fraction of sp³-hybridized carbons (Fsp3) is 0.111. The Bertz CT molecular complexity index is 1610. The van der Waals surface area contributed by atoms with Crippen LogP contribution < -0.4 is 14.9 Å². The molecule has 6 heteroatoms. The molecule has 1 aliphatic carbocycles. The summed E-state index contributed by atoms with van der Waals surface area (Å²) in [6.07, 6.45) is 3.65. The molecule has 0 unspecified atom stereocenters. The van der Waals surface area contributed by atoms with E-state index in [1.165, 1.54) is 22.5 Å². The van der Waals surface area contributed by atoms with Crippen molar-refractivity contribution in [1.29, 1.82) is 0 Å². The zero-order valence-electron chi connectivity index (χ0n) is 17.5. The number of aromatic nitrogens is 1. The summed E-state index contributed by atoms with van der Waals surface area (Å²) in [5, 5.41) is 1.29. The van der Waals surface area contributed by atoms with Crippen LogP contribution in [0.1, 0.15) is 34.7 Å². The second-order valence-electron chi connectivity index (χ2n) is 8.19. The van der Waals surface area contributed by atoms with Gasteiger partial charge in [-0.25, -0.2) is 4.99 Å². The molecule has 0 N–H and O–H groups in total. The Labute approximate surface area is 204 Å². The average Bonchev–Trinajstić information content (AvgIpc) is 3.14. The van der Waals surface area contributed by atoms with E-state index >= 15 is 0 Å². The van der Waals surface area contributed by atoms with Crippen molar-refractivity contribution in [3.05, 3.63) is 130 Å². The van der Waals surface area contributed by atoms with Crippen molar-refractivity contribution in [2.24, 2.45) is 4.99 Å². The van der Waals surface area contributed by atoms with Crippen molar-refractivity contribution in [1.82, 2.24) is 4.57 Å². The van der Waals surface area contributed by atoms with Gasteiger partial charge in [0.15, 0.2) is 4.80 Å². The van der Waals surface area contributed by atoms with E-state index < -0.39 is 0 Å². The van der Waals surface area contributed by atoms with Crippen LogP contribution in [0, 0.1) is 0 Å². The van der Waals surface area contributed by atoms with E-state index in [0.717, 1.165) is 35.2 Å². The van der Waals surface area contributed by atoms with Gasteiger partial charge in [0.1, 0.15) is 0 Å². The molecule has 4 aromatic rings. The topological polar surface area (TPSA) is 34.4 Å². The summed E-state index contributed by atoms with van der Waals surface area (Å²) in [6, 6.07) is 23.5. The monoisotopic (exact) mass is 488 g/mol. The highest BCUT2D eigenvalue weighted by Gasteiger charge is 2.32. The third kappa shape index (κ3) is 3.50. The van der Waals surface area contributed by atoms with Gasteiger partial charge in [-0.3, -0.25) is 9.36 Å². The highest BCUT2D eigenvalue weighted by molar-refractivity contribution is 7.07. The molecular weight excluding hydrogens is 471 g/mol. The second kappa shape index (κ2) is 8.14. The van der Waals surface area contributed by atoms with Crippen molar-refractivity contribution < 1.29 is 0 Å². The largest absolute Gasteiger partial charge is 0.272 e. The highest BCUT2D eigenvalue weighted by Crippen LogP contribution is 2.41. The van der Waals surface area contributed by atoms with E-state index in [1.54, 1.807) is 0 Å². The highest BCUT2D eigenvalue weighted by atomic mass is 35.5. The van der Waals surface area contributed by atoms with Crippen molar-refractivity contribution in [2.45, 2.75) is 18.9 Å². The van der Waals surface area contributed by atoms with Gasteiger partial charge in [0, 0.05) is 15.6 Å². The number of halogens is 2. The van der Waals surface area contributed by atoms with Crippen molar-refractivity contribution in [3.63, 3.8) is 0 Å². The van der Waals surface area contributed by atoms with Crippen LogP contribution in [0.2, 0.25) is 10.0 Å². The number of hydrogen-bond donors (Lipinski definition) is 0. The van der Waals surface area contributed by atoms with Gasteiger partial charge in [-0.15, -0.1) is 0 Å². The average molecular weight is 489 g/mol. The fourth-order valence-corrected chi connectivity index (χ4v) is 6.01. The molecule has 33 heavy (non-hydrogen) atoms. The van der Waals surface area contributed by atoms with Gasteiger partial charge >= 0.3 is 0 Å². The van der Waals surface area contributed by atoms with Gasteiger partial charge in [-0.2, -0.15) is 0 Å². The maximum atomic E-state index is 13.7. The number of benzene rings is 3. The van der Waals surface area contributed by atoms with Gasteiger partial charge < -0.3 is 0 Å². The zero-order chi connectivity index (χ0) is 22.5. The molecule has 1 aliphatic heterocycles. The van der Waals surface area contributed by atoms with Crippen LogP contribution in [-0.2, 0) is 6.42 Å². The molecule has 0 fully saturated rings. The van der Waals surface area contributed by atoms with Gasteiger partial charge in [0.2, 0.25) is 0 Å². The SMILES string of the molecule is O=c1/c(=C/c2ccccc2Cl)sc2n1[C@H](c1ccc(Cl)cc1)C1=C(N=2)c2ccccc2CC1. The maximum absolute atomic E-state index is 13.7. The molecule has 3 nitrogen and oxygen atoms in total. The van der Waals surface area contributed by atoms with Crippen LogP contribution in [0.3, 0.4) is 0 Å². The van der Waals surface area contributed by atoms with E-state index in [2.05, 4.69) is 18.2 Å². The van der Waals surface area contributed by atoms with Gasteiger partial charge in [0.25, 0.3) is 5.56 Å². The molecule has 0 amide bonds. The summed E-state index contributed by atoms with van der Waals surface area (Å²) in [7, 11) is 0. The van der Waals surface area contributed by atoms with E-state index in [4.69, 9.17) is 28.2 Å². The third-order valence-corrected chi connectivity index (χ3v) is 7.83. The Balaban J connectivity index is 1.64. The summed E-state index contributed by atoms with van der Waals surface area (Å²) in [4.78, 5) is 19.4.